The number of hydrogen-bond donors (Lipinski definition) is 2. The number of carbonyl (C=O) groups is 1. The molecule has 1 aliphatic heterocycles. The summed E-state index contributed by atoms with van der Waals surface area (Å²) >= 11 is 6.09. The van der Waals surface area contributed by atoms with E-state index in [2.05, 4.69) is 0 Å². The minimum Gasteiger partial charge on any atom is -0.496 e. The number of methoxy groups -OCH3 is 1. The van der Waals surface area contributed by atoms with Gasteiger partial charge in [-0.15, -0.1) is 0 Å². The van der Waals surface area contributed by atoms with Gasteiger partial charge in [0.25, 0.3) is 5.91 Å². The first-order valence-corrected chi connectivity index (χ1v) is 8.90. The summed E-state index contributed by atoms with van der Waals surface area (Å²) < 4.78 is 5.38. The smallest absolute Gasteiger partial charge is 0.253 e. The minimum atomic E-state index is -0.0935. The Morgan fingerprint density at radius 3 is 2.27 bits per heavy atom. The van der Waals surface area contributed by atoms with Crippen molar-refractivity contribution in [1.82, 2.24) is 4.90 Å². The van der Waals surface area contributed by atoms with Gasteiger partial charge in [0.05, 0.1) is 7.11 Å². The summed E-state index contributed by atoms with van der Waals surface area (Å²) in [6.45, 7) is 0.875. The van der Waals surface area contributed by atoms with Gasteiger partial charge in [-0.05, 0) is 35.9 Å². The van der Waals surface area contributed by atoms with Crippen molar-refractivity contribution >= 4 is 17.5 Å². The molecule has 1 fully saturated rings. The quantitative estimate of drug-likeness (QED) is 0.843. The zero-order chi connectivity index (χ0) is 18.7. The maximum absolute atomic E-state index is 12.7. The number of nitrogens with zero attached hydrogens (tertiary/aromatic N) is 1. The Bertz CT molecular complexity index is 766. The van der Waals surface area contributed by atoms with Gasteiger partial charge in [0.2, 0.25) is 0 Å². The molecule has 2 aromatic rings. The van der Waals surface area contributed by atoms with Crippen LogP contribution in [0.2, 0.25) is 5.02 Å². The second-order valence-electron chi connectivity index (χ2n) is 6.52. The van der Waals surface area contributed by atoms with E-state index in [1.807, 2.05) is 24.3 Å². The van der Waals surface area contributed by atoms with E-state index in [0.29, 0.717) is 29.4 Å². The van der Waals surface area contributed by atoms with Gasteiger partial charge < -0.3 is 19.8 Å². The molecule has 1 heterocycles. The summed E-state index contributed by atoms with van der Waals surface area (Å²) in [5, 5.41) is 19.4. The molecular formula is C20H22ClNO4. The monoisotopic (exact) mass is 375 g/mol. The molecule has 0 aromatic heterocycles. The van der Waals surface area contributed by atoms with E-state index in [0.717, 1.165) is 11.1 Å². The molecule has 1 saturated heterocycles. The van der Waals surface area contributed by atoms with E-state index >= 15 is 0 Å². The van der Waals surface area contributed by atoms with Crippen LogP contribution >= 0.6 is 11.6 Å². The highest BCUT2D eigenvalue weighted by atomic mass is 35.5. The lowest BCUT2D eigenvalue weighted by molar-refractivity contribution is 0.0778. The van der Waals surface area contributed by atoms with Crippen LogP contribution in [-0.4, -0.2) is 54.4 Å². The highest BCUT2D eigenvalue weighted by molar-refractivity contribution is 6.31. The van der Waals surface area contributed by atoms with Gasteiger partial charge in [-0.25, -0.2) is 0 Å². The number of likely N-dealkylation sites (tertiary alicyclic amines) is 1. The van der Waals surface area contributed by atoms with E-state index < -0.39 is 0 Å². The van der Waals surface area contributed by atoms with Crippen LogP contribution in [0.25, 0.3) is 11.1 Å². The summed E-state index contributed by atoms with van der Waals surface area (Å²) in [4.78, 5) is 14.4. The first kappa shape index (κ1) is 18.7. The lowest BCUT2D eigenvalue weighted by Crippen LogP contribution is -2.29. The molecule has 3 rings (SSSR count). The molecule has 2 atom stereocenters. The number of ether oxygens (including phenoxy) is 1. The first-order chi connectivity index (χ1) is 12.6. The lowest BCUT2D eigenvalue weighted by atomic mass is 9.98. The Balaban J connectivity index is 1.80. The zero-order valence-corrected chi connectivity index (χ0v) is 15.3. The van der Waals surface area contributed by atoms with Crippen molar-refractivity contribution in [2.75, 3.05) is 33.4 Å². The molecular weight excluding hydrogens is 354 g/mol. The Labute approximate surface area is 157 Å². The highest BCUT2D eigenvalue weighted by Gasteiger charge is 2.34. The average Bonchev–Trinajstić information content (AvgIpc) is 3.11. The van der Waals surface area contributed by atoms with Gasteiger partial charge in [-0.1, -0.05) is 23.7 Å². The van der Waals surface area contributed by atoms with E-state index in [-0.39, 0.29) is 31.0 Å². The van der Waals surface area contributed by atoms with Crippen LogP contribution in [0.4, 0.5) is 0 Å². The van der Waals surface area contributed by atoms with Crippen molar-refractivity contribution in [3.05, 3.63) is 53.1 Å². The van der Waals surface area contributed by atoms with Crippen molar-refractivity contribution in [3.8, 4) is 16.9 Å². The third kappa shape index (κ3) is 3.70. The van der Waals surface area contributed by atoms with E-state index in [9.17, 15) is 15.0 Å². The molecule has 2 unspecified atom stereocenters. The largest absolute Gasteiger partial charge is 0.496 e. The van der Waals surface area contributed by atoms with Crippen LogP contribution in [0.1, 0.15) is 10.4 Å². The molecule has 0 bridgehead atoms. The van der Waals surface area contributed by atoms with Gasteiger partial charge in [0.1, 0.15) is 5.75 Å². The predicted octanol–water partition coefficient (Wildman–Crippen LogP) is 2.69. The molecule has 0 radical (unpaired) electrons. The molecule has 0 aliphatic carbocycles. The van der Waals surface area contributed by atoms with Gasteiger partial charge in [-0.3, -0.25) is 4.79 Å². The summed E-state index contributed by atoms with van der Waals surface area (Å²) in [5.74, 6) is 0.478. The zero-order valence-electron chi connectivity index (χ0n) is 14.6. The molecule has 138 valence electrons. The third-order valence-corrected chi connectivity index (χ3v) is 5.17. The number of rotatable bonds is 5. The number of carbonyl (C=O) groups excluding carboxylic acids is 1. The van der Waals surface area contributed by atoms with Crippen molar-refractivity contribution < 1.29 is 19.7 Å². The summed E-state index contributed by atoms with van der Waals surface area (Å²) in [6.07, 6.45) is 0. The standard InChI is InChI=1S/C20H22ClNO4/c1-26-19-7-6-17(21)8-18(19)13-2-4-14(5-3-13)20(25)22-9-15(11-23)16(10-22)12-24/h2-8,15-16,23-24H,9-12H2,1H3. The Kier molecular flexibility index (Phi) is 5.81. The van der Waals surface area contributed by atoms with E-state index in [4.69, 9.17) is 16.3 Å². The number of amides is 1. The summed E-state index contributed by atoms with van der Waals surface area (Å²) in [7, 11) is 1.60. The van der Waals surface area contributed by atoms with Crippen molar-refractivity contribution in [1.29, 1.82) is 0 Å². The molecule has 2 N–H and O–H groups in total. The fourth-order valence-electron chi connectivity index (χ4n) is 3.40. The molecule has 5 nitrogen and oxygen atoms in total. The fourth-order valence-corrected chi connectivity index (χ4v) is 3.57. The maximum Gasteiger partial charge on any atom is 0.253 e. The van der Waals surface area contributed by atoms with Crippen LogP contribution in [0.3, 0.4) is 0 Å². The number of benzene rings is 2. The number of aliphatic hydroxyl groups excluding tert-OH is 2. The molecule has 0 saturated carbocycles. The number of hydrogen-bond acceptors (Lipinski definition) is 4. The first-order valence-electron chi connectivity index (χ1n) is 8.52. The molecule has 1 amide bonds. The van der Waals surface area contributed by atoms with Crippen molar-refractivity contribution in [2.45, 2.75) is 0 Å². The van der Waals surface area contributed by atoms with E-state index in [1.54, 1.807) is 30.2 Å². The number of aliphatic hydroxyl groups is 2. The second kappa shape index (κ2) is 8.08. The average molecular weight is 376 g/mol. The molecule has 1 aliphatic rings. The normalized spacial score (nSPS) is 19.6. The van der Waals surface area contributed by atoms with Crippen molar-refractivity contribution in [3.63, 3.8) is 0 Å². The molecule has 0 spiro atoms. The number of halogens is 1. The summed E-state index contributed by atoms with van der Waals surface area (Å²) in [5.41, 5.74) is 2.34. The Morgan fingerprint density at radius 1 is 1.12 bits per heavy atom. The van der Waals surface area contributed by atoms with Crippen LogP contribution in [0, 0.1) is 11.8 Å². The third-order valence-electron chi connectivity index (χ3n) is 4.94. The Morgan fingerprint density at radius 2 is 1.73 bits per heavy atom. The van der Waals surface area contributed by atoms with Gasteiger partial charge in [0.15, 0.2) is 0 Å². The van der Waals surface area contributed by atoms with Crippen molar-refractivity contribution in [2.24, 2.45) is 11.8 Å². The second-order valence-corrected chi connectivity index (χ2v) is 6.95. The van der Waals surface area contributed by atoms with Crippen LogP contribution < -0.4 is 4.74 Å². The molecule has 6 heteroatoms. The van der Waals surface area contributed by atoms with Crippen LogP contribution in [0.5, 0.6) is 5.75 Å². The SMILES string of the molecule is COc1ccc(Cl)cc1-c1ccc(C(=O)N2CC(CO)C(CO)C2)cc1. The van der Waals surface area contributed by atoms with E-state index in [1.165, 1.54) is 0 Å². The highest BCUT2D eigenvalue weighted by Crippen LogP contribution is 2.33. The van der Waals surface area contributed by atoms with Gasteiger partial charge in [-0.2, -0.15) is 0 Å². The Hall–Kier alpha value is -2.08. The minimum absolute atomic E-state index is 0.0253. The molecule has 2 aromatic carbocycles. The van der Waals surface area contributed by atoms with Gasteiger partial charge in [0, 0.05) is 54.3 Å². The molecule has 26 heavy (non-hydrogen) atoms. The summed E-state index contributed by atoms with van der Waals surface area (Å²) in [6, 6.07) is 12.7. The topological polar surface area (TPSA) is 70.0 Å². The van der Waals surface area contributed by atoms with Crippen LogP contribution in [0.15, 0.2) is 42.5 Å². The fraction of sp³-hybridized carbons (Fsp3) is 0.350. The maximum atomic E-state index is 12.7. The predicted molar refractivity (Wildman–Crippen MR) is 100 cm³/mol. The lowest BCUT2D eigenvalue weighted by Gasteiger charge is -2.17. The van der Waals surface area contributed by atoms with Crippen LogP contribution in [-0.2, 0) is 0 Å². The van der Waals surface area contributed by atoms with Gasteiger partial charge >= 0.3 is 0 Å².